The second-order valence-electron chi connectivity index (χ2n) is 3.92. The number of aromatic hydroxyl groups is 1. The molecule has 1 aromatic rings. The van der Waals surface area contributed by atoms with Gasteiger partial charge in [0.2, 0.25) is 0 Å². The number of phenolic OH excluding ortho intramolecular Hbond substituents is 1. The summed E-state index contributed by atoms with van der Waals surface area (Å²) < 4.78 is 0. The Kier molecular flexibility index (Phi) is 4.31. The van der Waals surface area contributed by atoms with Gasteiger partial charge in [0.05, 0.1) is 5.56 Å². The highest BCUT2D eigenvalue weighted by Gasteiger charge is 2.14. The van der Waals surface area contributed by atoms with E-state index in [0.717, 1.165) is 6.42 Å². The Bertz CT molecular complexity index is 377. The Labute approximate surface area is 95.5 Å². The first kappa shape index (κ1) is 12.5. The molecule has 0 saturated heterocycles. The van der Waals surface area contributed by atoms with Crippen molar-refractivity contribution in [3.63, 3.8) is 0 Å². The number of nitrogens with one attached hydrogen (secondary N) is 1. The van der Waals surface area contributed by atoms with Crippen LogP contribution in [0.5, 0.6) is 5.75 Å². The SMILES string of the molecule is Cc1cccc(C(=O)NC(C)CCN)c1O. The van der Waals surface area contributed by atoms with Crippen LogP contribution in [0.25, 0.3) is 0 Å². The van der Waals surface area contributed by atoms with Crippen LogP contribution in [0, 0.1) is 6.92 Å². The van der Waals surface area contributed by atoms with Crippen molar-refractivity contribution in [2.45, 2.75) is 26.3 Å². The molecule has 4 nitrogen and oxygen atoms in total. The third kappa shape index (κ3) is 2.97. The van der Waals surface area contributed by atoms with E-state index in [-0.39, 0.29) is 17.7 Å². The number of hydrogen-bond acceptors (Lipinski definition) is 3. The van der Waals surface area contributed by atoms with Crippen molar-refractivity contribution < 1.29 is 9.90 Å². The molecule has 0 saturated carbocycles. The molecule has 1 unspecified atom stereocenters. The second-order valence-corrected chi connectivity index (χ2v) is 3.92. The van der Waals surface area contributed by atoms with Crippen LogP contribution in [0.3, 0.4) is 0 Å². The van der Waals surface area contributed by atoms with Crippen molar-refractivity contribution in [1.82, 2.24) is 5.32 Å². The molecule has 1 rings (SSSR count). The normalized spacial score (nSPS) is 12.2. The van der Waals surface area contributed by atoms with E-state index in [1.54, 1.807) is 25.1 Å². The zero-order valence-corrected chi connectivity index (χ0v) is 9.66. The van der Waals surface area contributed by atoms with E-state index < -0.39 is 0 Å². The first-order chi connectivity index (χ1) is 7.56. The Morgan fingerprint density at radius 1 is 1.56 bits per heavy atom. The molecule has 1 aromatic carbocycles. The molecule has 88 valence electrons. The number of hydrogen-bond donors (Lipinski definition) is 3. The minimum atomic E-state index is -0.262. The van der Waals surface area contributed by atoms with Gasteiger partial charge in [-0.05, 0) is 38.4 Å². The topological polar surface area (TPSA) is 75.4 Å². The minimum Gasteiger partial charge on any atom is -0.507 e. The van der Waals surface area contributed by atoms with Gasteiger partial charge in [-0.1, -0.05) is 12.1 Å². The second kappa shape index (κ2) is 5.51. The quantitative estimate of drug-likeness (QED) is 0.715. The Hall–Kier alpha value is -1.55. The Morgan fingerprint density at radius 2 is 2.25 bits per heavy atom. The van der Waals surface area contributed by atoms with Gasteiger partial charge < -0.3 is 16.2 Å². The van der Waals surface area contributed by atoms with Crippen LogP contribution in [0.4, 0.5) is 0 Å². The third-order valence-electron chi connectivity index (χ3n) is 2.46. The molecule has 4 N–H and O–H groups in total. The number of nitrogens with two attached hydrogens (primary N) is 1. The van der Waals surface area contributed by atoms with Gasteiger partial charge in [-0.2, -0.15) is 0 Å². The predicted octanol–water partition coefficient (Wildman–Crippen LogP) is 1.17. The van der Waals surface area contributed by atoms with Gasteiger partial charge in [-0.15, -0.1) is 0 Å². The standard InChI is InChI=1S/C12H18N2O2/c1-8-4-3-5-10(11(8)15)12(16)14-9(2)6-7-13/h3-5,9,15H,6-7,13H2,1-2H3,(H,14,16). The molecule has 1 atom stereocenters. The van der Waals surface area contributed by atoms with E-state index in [0.29, 0.717) is 17.7 Å². The molecular weight excluding hydrogens is 204 g/mol. The summed E-state index contributed by atoms with van der Waals surface area (Å²) in [4.78, 5) is 11.8. The van der Waals surface area contributed by atoms with Crippen LogP contribution >= 0.6 is 0 Å². The van der Waals surface area contributed by atoms with Gasteiger partial charge in [0.25, 0.3) is 5.91 Å². The average molecular weight is 222 g/mol. The summed E-state index contributed by atoms with van der Waals surface area (Å²) in [6.07, 6.45) is 0.721. The number of amides is 1. The van der Waals surface area contributed by atoms with E-state index in [1.165, 1.54) is 0 Å². The summed E-state index contributed by atoms with van der Waals surface area (Å²) in [7, 11) is 0. The molecule has 0 aliphatic heterocycles. The van der Waals surface area contributed by atoms with Crippen molar-refractivity contribution in [3.05, 3.63) is 29.3 Å². The molecule has 0 radical (unpaired) electrons. The average Bonchev–Trinajstić information content (AvgIpc) is 2.22. The lowest BCUT2D eigenvalue weighted by atomic mass is 10.1. The van der Waals surface area contributed by atoms with Crippen LogP contribution in [-0.2, 0) is 0 Å². The zero-order valence-electron chi connectivity index (χ0n) is 9.66. The van der Waals surface area contributed by atoms with Crippen molar-refractivity contribution in [2.24, 2.45) is 5.73 Å². The Balaban J connectivity index is 2.77. The van der Waals surface area contributed by atoms with Gasteiger partial charge in [0.1, 0.15) is 5.75 Å². The van der Waals surface area contributed by atoms with Gasteiger partial charge in [0.15, 0.2) is 0 Å². The molecule has 0 bridgehead atoms. The van der Waals surface area contributed by atoms with Crippen LogP contribution in [0.15, 0.2) is 18.2 Å². The summed E-state index contributed by atoms with van der Waals surface area (Å²) in [6.45, 7) is 4.17. The van der Waals surface area contributed by atoms with Crippen LogP contribution in [-0.4, -0.2) is 23.6 Å². The van der Waals surface area contributed by atoms with Crippen molar-refractivity contribution in [1.29, 1.82) is 0 Å². The summed E-state index contributed by atoms with van der Waals surface area (Å²) in [5.74, 6) is -0.220. The molecule has 0 spiro atoms. The number of rotatable bonds is 4. The fraction of sp³-hybridized carbons (Fsp3) is 0.417. The van der Waals surface area contributed by atoms with Crippen LogP contribution in [0.1, 0.15) is 29.3 Å². The lowest BCUT2D eigenvalue weighted by molar-refractivity contribution is 0.0936. The highest BCUT2D eigenvalue weighted by Crippen LogP contribution is 2.21. The highest BCUT2D eigenvalue weighted by atomic mass is 16.3. The van der Waals surface area contributed by atoms with Gasteiger partial charge in [-0.3, -0.25) is 4.79 Å². The maximum Gasteiger partial charge on any atom is 0.255 e. The smallest absolute Gasteiger partial charge is 0.255 e. The molecule has 1 amide bonds. The van der Waals surface area contributed by atoms with E-state index in [1.807, 2.05) is 6.92 Å². The predicted molar refractivity (Wildman–Crippen MR) is 63.4 cm³/mol. The van der Waals surface area contributed by atoms with E-state index in [4.69, 9.17) is 5.73 Å². The van der Waals surface area contributed by atoms with Crippen LogP contribution < -0.4 is 11.1 Å². The molecule has 4 heteroatoms. The number of phenols is 1. The maximum absolute atomic E-state index is 11.8. The summed E-state index contributed by atoms with van der Waals surface area (Å²) in [5.41, 5.74) is 6.40. The fourth-order valence-electron chi connectivity index (χ4n) is 1.47. The monoisotopic (exact) mass is 222 g/mol. The molecule has 0 aliphatic carbocycles. The summed E-state index contributed by atoms with van der Waals surface area (Å²) in [6, 6.07) is 5.12. The number of aryl methyl sites for hydroxylation is 1. The zero-order chi connectivity index (χ0) is 12.1. The van der Waals surface area contributed by atoms with Crippen molar-refractivity contribution >= 4 is 5.91 Å². The molecule has 16 heavy (non-hydrogen) atoms. The molecule has 0 aliphatic rings. The van der Waals surface area contributed by atoms with Crippen molar-refractivity contribution in [2.75, 3.05) is 6.54 Å². The maximum atomic E-state index is 11.8. The van der Waals surface area contributed by atoms with Crippen molar-refractivity contribution in [3.8, 4) is 5.75 Å². The lowest BCUT2D eigenvalue weighted by Gasteiger charge is -2.13. The van der Waals surface area contributed by atoms with Gasteiger partial charge in [0, 0.05) is 6.04 Å². The van der Waals surface area contributed by atoms with Gasteiger partial charge in [-0.25, -0.2) is 0 Å². The van der Waals surface area contributed by atoms with E-state index >= 15 is 0 Å². The summed E-state index contributed by atoms with van der Waals surface area (Å²) >= 11 is 0. The number of carbonyl (C=O) groups is 1. The number of benzene rings is 1. The Morgan fingerprint density at radius 3 is 2.88 bits per heavy atom. The minimum absolute atomic E-state index is 0.0115. The number of para-hydroxylation sites is 1. The number of carbonyl (C=O) groups excluding carboxylic acids is 1. The van der Waals surface area contributed by atoms with E-state index in [9.17, 15) is 9.90 Å². The first-order valence-electron chi connectivity index (χ1n) is 5.35. The highest BCUT2D eigenvalue weighted by molar-refractivity contribution is 5.97. The molecule has 0 heterocycles. The fourth-order valence-corrected chi connectivity index (χ4v) is 1.47. The van der Waals surface area contributed by atoms with Crippen LogP contribution in [0.2, 0.25) is 0 Å². The third-order valence-corrected chi connectivity index (χ3v) is 2.46. The first-order valence-corrected chi connectivity index (χ1v) is 5.35. The molecular formula is C12H18N2O2. The van der Waals surface area contributed by atoms with E-state index in [2.05, 4.69) is 5.32 Å². The molecule has 0 aromatic heterocycles. The van der Waals surface area contributed by atoms with Gasteiger partial charge >= 0.3 is 0 Å². The largest absolute Gasteiger partial charge is 0.507 e. The lowest BCUT2D eigenvalue weighted by Crippen LogP contribution is -2.34. The summed E-state index contributed by atoms with van der Waals surface area (Å²) in [5, 5.41) is 12.5. The molecule has 0 fully saturated rings.